The Hall–Kier alpha value is 0.310. The van der Waals surface area contributed by atoms with Crippen molar-refractivity contribution in [2.75, 3.05) is 0 Å². The van der Waals surface area contributed by atoms with E-state index in [1.165, 1.54) is 12.8 Å². The minimum atomic E-state index is 0.396. The highest BCUT2D eigenvalue weighted by Gasteiger charge is 2.16. The van der Waals surface area contributed by atoms with Gasteiger partial charge in [-0.15, -0.1) is 0 Å². The quantitative estimate of drug-likeness (QED) is 0.695. The third-order valence-corrected chi connectivity index (χ3v) is 3.53. The second-order valence-corrected chi connectivity index (χ2v) is 5.40. The van der Waals surface area contributed by atoms with E-state index < -0.39 is 0 Å². The molecule has 2 unspecified atom stereocenters. The second kappa shape index (κ2) is 6.79. The molecular formula is C10H23NS. The van der Waals surface area contributed by atoms with Gasteiger partial charge in [-0.05, 0) is 18.1 Å². The number of thioether (sulfide) groups is 1. The summed E-state index contributed by atoms with van der Waals surface area (Å²) < 4.78 is 0. The molecule has 0 aromatic heterocycles. The van der Waals surface area contributed by atoms with E-state index in [1.54, 1.807) is 0 Å². The van der Waals surface area contributed by atoms with Crippen molar-refractivity contribution in [3.05, 3.63) is 0 Å². The summed E-state index contributed by atoms with van der Waals surface area (Å²) in [6, 6.07) is 0.396. The number of hydrogen-bond donors (Lipinski definition) is 1. The fraction of sp³-hybridized carbons (Fsp3) is 1.00. The molecule has 0 spiro atoms. The zero-order valence-electron chi connectivity index (χ0n) is 8.84. The molecule has 0 aromatic rings. The van der Waals surface area contributed by atoms with Crippen molar-refractivity contribution >= 4 is 11.8 Å². The molecule has 0 bridgehead atoms. The summed E-state index contributed by atoms with van der Waals surface area (Å²) in [5.74, 6) is 0. The molecule has 2 atom stereocenters. The van der Waals surface area contributed by atoms with Crippen LogP contribution in [-0.2, 0) is 0 Å². The molecule has 2 heteroatoms. The first-order chi connectivity index (χ1) is 5.61. The van der Waals surface area contributed by atoms with Crippen LogP contribution in [-0.4, -0.2) is 16.5 Å². The van der Waals surface area contributed by atoms with Crippen molar-refractivity contribution in [1.29, 1.82) is 0 Å². The smallest absolute Gasteiger partial charge is 0.0198 e. The van der Waals surface area contributed by atoms with Crippen LogP contribution in [0.4, 0.5) is 0 Å². The molecule has 74 valence electrons. The zero-order valence-corrected chi connectivity index (χ0v) is 9.66. The monoisotopic (exact) mass is 189 g/mol. The molecule has 0 saturated heterocycles. The van der Waals surface area contributed by atoms with E-state index in [2.05, 4.69) is 27.7 Å². The maximum absolute atomic E-state index is 6.07. The van der Waals surface area contributed by atoms with Crippen LogP contribution in [0, 0.1) is 0 Å². The lowest BCUT2D eigenvalue weighted by molar-refractivity contribution is 0.565. The SMILES string of the molecule is CCCC(N)C(CC)SC(C)C. The molecule has 0 saturated carbocycles. The van der Waals surface area contributed by atoms with Gasteiger partial charge < -0.3 is 5.73 Å². The highest BCUT2D eigenvalue weighted by molar-refractivity contribution is 8.00. The fourth-order valence-corrected chi connectivity index (χ4v) is 2.60. The highest BCUT2D eigenvalue weighted by Crippen LogP contribution is 2.23. The van der Waals surface area contributed by atoms with Gasteiger partial charge in [-0.2, -0.15) is 11.8 Å². The van der Waals surface area contributed by atoms with Crippen LogP contribution >= 0.6 is 11.8 Å². The lowest BCUT2D eigenvalue weighted by Crippen LogP contribution is -2.32. The fourth-order valence-electron chi connectivity index (χ4n) is 1.37. The Morgan fingerprint density at radius 1 is 1.25 bits per heavy atom. The van der Waals surface area contributed by atoms with Crippen LogP contribution in [0.25, 0.3) is 0 Å². The number of rotatable bonds is 6. The van der Waals surface area contributed by atoms with Gasteiger partial charge in [0.25, 0.3) is 0 Å². The molecule has 0 heterocycles. The van der Waals surface area contributed by atoms with E-state index in [-0.39, 0.29) is 0 Å². The minimum absolute atomic E-state index is 0.396. The molecule has 0 amide bonds. The largest absolute Gasteiger partial charge is 0.327 e. The van der Waals surface area contributed by atoms with Gasteiger partial charge in [0.2, 0.25) is 0 Å². The van der Waals surface area contributed by atoms with Gasteiger partial charge in [-0.1, -0.05) is 34.1 Å². The summed E-state index contributed by atoms with van der Waals surface area (Å²) in [6.45, 7) is 8.92. The topological polar surface area (TPSA) is 26.0 Å². The zero-order chi connectivity index (χ0) is 9.56. The van der Waals surface area contributed by atoms with E-state index in [4.69, 9.17) is 5.73 Å². The molecule has 0 aromatic carbocycles. The van der Waals surface area contributed by atoms with Gasteiger partial charge in [0.1, 0.15) is 0 Å². The first-order valence-corrected chi connectivity index (χ1v) is 5.97. The van der Waals surface area contributed by atoms with E-state index in [0.29, 0.717) is 16.5 Å². The van der Waals surface area contributed by atoms with Crippen LogP contribution in [0.3, 0.4) is 0 Å². The summed E-state index contributed by atoms with van der Waals surface area (Å²) in [7, 11) is 0. The number of nitrogens with two attached hydrogens (primary N) is 1. The summed E-state index contributed by atoms with van der Waals surface area (Å²) in [4.78, 5) is 0. The number of hydrogen-bond acceptors (Lipinski definition) is 2. The van der Waals surface area contributed by atoms with Crippen LogP contribution in [0.2, 0.25) is 0 Å². The van der Waals surface area contributed by atoms with Gasteiger partial charge in [0, 0.05) is 11.3 Å². The Kier molecular flexibility index (Phi) is 6.96. The van der Waals surface area contributed by atoms with Crippen molar-refractivity contribution in [2.45, 2.75) is 63.5 Å². The predicted octanol–water partition coefficient (Wildman–Crippen LogP) is 3.03. The van der Waals surface area contributed by atoms with Gasteiger partial charge in [0.15, 0.2) is 0 Å². The van der Waals surface area contributed by atoms with Crippen LogP contribution in [0.1, 0.15) is 47.0 Å². The Balaban J connectivity index is 3.78. The Morgan fingerprint density at radius 2 is 1.83 bits per heavy atom. The van der Waals surface area contributed by atoms with Gasteiger partial charge in [0.05, 0.1) is 0 Å². The predicted molar refractivity (Wildman–Crippen MR) is 59.7 cm³/mol. The average Bonchev–Trinajstić information content (AvgIpc) is 2.00. The van der Waals surface area contributed by atoms with Gasteiger partial charge >= 0.3 is 0 Å². The molecule has 2 N–H and O–H groups in total. The summed E-state index contributed by atoms with van der Waals surface area (Å²) >= 11 is 2.02. The second-order valence-electron chi connectivity index (χ2n) is 3.58. The molecule has 1 nitrogen and oxygen atoms in total. The molecule has 0 fully saturated rings. The third-order valence-electron chi connectivity index (χ3n) is 1.95. The van der Waals surface area contributed by atoms with Crippen molar-refractivity contribution in [2.24, 2.45) is 5.73 Å². The molecule has 0 rings (SSSR count). The first-order valence-electron chi connectivity index (χ1n) is 5.02. The summed E-state index contributed by atoms with van der Waals surface area (Å²) in [5, 5.41) is 1.36. The highest BCUT2D eigenvalue weighted by atomic mass is 32.2. The van der Waals surface area contributed by atoms with Crippen LogP contribution < -0.4 is 5.73 Å². The molecule has 12 heavy (non-hydrogen) atoms. The minimum Gasteiger partial charge on any atom is -0.327 e. The van der Waals surface area contributed by atoms with Crippen molar-refractivity contribution in [3.8, 4) is 0 Å². The lowest BCUT2D eigenvalue weighted by atomic mass is 10.1. The Bertz CT molecular complexity index is 104. The molecule has 0 aliphatic rings. The lowest BCUT2D eigenvalue weighted by Gasteiger charge is -2.23. The van der Waals surface area contributed by atoms with Crippen molar-refractivity contribution in [1.82, 2.24) is 0 Å². The van der Waals surface area contributed by atoms with Crippen LogP contribution in [0.15, 0.2) is 0 Å². The Labute approximate surface area is 81.5 Å². The molecular weight excluding hydrogens is 166 g/mol. The standard InChI is InChI=1S/C10H23NS/c1-5-7-9(11)10(6-2)12-8(3)4/h8-10H,5-7,11H2,1-4H3. The summed E-state index contributed by atoms with van der Waals surface area (Å²) in [6.07, 6.45) is 3.57. The van der Waals surface area contributed by atoms with Gasteiger partial charge in [-0.25, -0.2) is 0 Å². The average molecular weight is 189 g/mol. The molecule has 0 aliphatic heterocycles. The molecule has 0 aliphatic carbocycles. The van der Waals surface area contributed by atoms with E-state index in [1.807, 2.05) is 11.8 Å². The first kappa shape index (κ1) is 12.3. The van der Waals surface area contributed by atoms with E-state index in [9.17, 15) is 0 Å². The third kappa shape index (κ3) is 5.04. The van der Waals surface area contributed by atoms with Crippen molar-refractivity contribution < 1.29 is 0 Å². The normalized spacial score (nSPS) is 16.5. The summed E-state index contributed by atoms with van der Waals surface area (Å²) in [5.41, 5.74) is 6.07. The van der Waals surface area contributed by atoms with Crippen molar-refractivity contribution in [3.63, 3.8) is 0 Å². The van der Waals surface area contributed by atoms with E-state index >= 15 is 0 Å². The molecule has 0 radical (unpaired) electrons. The van der Waals surface area contributed by atoms with Gasteiger partial charge in [-0.3, -0.25) is 0 Å². The maximum atomic E-state index is 6.07. The van der Waals surface area contributed by atoms with E-state index in [0.717, 1.165) is 6.42 Å². The maximum Gasteiger partial charge on any atom is 0.0198 e. The van der Waals surface area contributed by atoms with Crippen LogP contribution in [0.5, 0.6) is 0 Å². The Morgan fingerprint density at radius 3 is 2.17 bits per heavy atom.